The fourth-order valence-corrected chi connectivity index (χ4v) is 6.40. The highest BCUT2D eigenvalue weighted by Crippen LogP contribution is 2.36. The molecule has 0 atom stereocenters. The second-order valence-electron chi connectivity index (χ2n) is 14.2. The van der Waals surface area contributed by atoms with Crippen molar-refractivity contribution >= 4 is 8.32 Å². The van der Waals surface area contributed by atoms with Gasteiger partial charge in [0, 0.05) is 6.61 Å². The normalized spacial score (nSPS) is 12.5. The lowest BCUT2D eigenvalue weighted by molar-refractivity contribution is 0.277. The third-order valence-electron chi connectivity index (χ3n) is 9.27. The number of hydrogen-bond donors (Lipinski definition) is 0. The summed E-state index contributed by atoms with van der Waals surface area (Å²) in [4.78, 5) is 0. The molecule has 0 amide bonds. The van der Waals surface area contributed by atoms with E-state index in [-0.39, 0.29) is 0 Å². The maximum Gasteiger partial charge on any atom is 0.191 e. The second-order valence-corrected chi connectivity index (χ2v) is 19.0. The Bertz CT molecular complexity index is 453. The summed E-state index contributed by atoms with van der Waals surface area (Å²) < 4.78 is 6.29. The van der Waals surface area contributed by atoms with Gasteiger partial charge in [-0.25, -0.2) is 0 Å². The van der Waals surface area contributed by atoms with Gasteiger partial charge in [0.05, 0.1) is 0 Å². The Morgan fingerprint density at radius 3 is 0.789 bits per heavy atom. The van der Waals surface area contributed by atoms with E-state index in [4.69, 9.17) is 4.43 Å². The first-order valence-corrected chi connectivity index (χ1v) is 20.9. The summed E-state index contributed by atoms with van der Waals surface area (Å²) in [6, 6.07) is 0. The number of rotatable bonds is 30. The van der Waals surface area contributed by atoms with Gasteiger partial charge in [-0.15, -0.1) is 0 Å². The van der Waals surface area contributed by atoms with Gasteiger partial charge in [-0.1, -0.05) is 201 Å². The van der Waals surface area contributed by atoms with Gasteiger partial charge in [-0.05, 0) is 24.6 Å². The minimum Gasteiger partial charge on any atom is -0.417 e. The summed E-state index contributed by atoms with van der Waals surface area (Å²) in [6.07, 6.45) is 40.8. The topological polar surface area (TPSA) is 9.23 Å². The van der Waals surface area contributed by atoms with Crippen LogP contribution in [-0.2, 0) is 4.43 Å². The zero-order chi connectivity index (χ0) is 28.2. The van der Waals surface area contributed by atoms with Crippen molar-refractivity contribution in [1.29, 1.82) is 0 Å². The second kappa shape index (κ2) is 27.4. The van der Waals surface area contributed by atoms with Gasteiger partial charge in [0.25, 0.3) is 0 Å². The quantitative estimate of drug-likeness (QED) is 0.0636. The largest absolute Gasteiger partial charge is 0.417 e. The maximum absolute atomic E-state index is 6.29. The molecule has 2 heteroatoms. The zero-order valence-corrected chi connectivity index (χ0v) is 28.9. The molecule has 0 fully saturated rings. The first kappa shape index (κ1) is 38.2. The van der Waals surface area contributed by atoms with Gasteiger partial charge >= 0.3 is 0 Å². The van der Waals surface area contributed by atoms with Crippen LogP contribution in [0.15, 0.2) is 0 Å². The average molecular weight is 553 g/mol. The van der Waals surface area contributed by atoms with E-state index in [0.29, 0.717) is 5.04 Å². The van der Waals surface area contributed by atoms with E-state index in [1.807, 2.05) is 0 Å². The molecule has 0 saturated heterocycles. The van der Waals surface area contributed by atoms with Crippen LogP contribution < -0.4 is 0 Å². The molecule has 0 unspecified atom stereocenters. The summed E-state index contributed by atoms with van der Waals surface area (Å²) in [6.45, 7) is 15.0. The summed E-state index contributed by atoms with van der Waals surface area (Å²) in [5, 5.41) is 0.346. The van der Waals surface area contributed by atoms with Crippen molar-refractivity contribution in [2.24, 2.45) is 0 Å². The molecule has 0 bridgehead atoms. The summed E-state index contributed by atoms with van der Waals surface area (Å²) in [7, 11) is -1.53. The molecule has 230 valence electrons. The molecular formula is C36H76OSi. The van der Waals surface area contributed by atoms with Crippen molar-refractivity contribution < 1.29 is 4.43 Å². The molecule has 0 N–H and O–H groups in total. The SMILES string of the molecule is CCCCCCCCCCCCCCCCCCCCCCCCCCCCCCO[Si](C)(C)C(C)(C)C. The molecule has 0 aromatic carbocycles. The fourth-order valence-electron chi connectivity index (χ4n) is 5.32. The Morgan fingerprint density at radius 2 is 0.579 bits per heavy atom. The predicted molar refractivity (Wildman–Crippen MR) is 178 cm³/mol. The van der Waals surface area contributed by atoms with Crippen LogP contribution in [0, 0.1) is 0 Å². The summed E-state index contributed by atoms with van der Waals surface area (Å²) >= 11 is 0. The highest BCUT2D eigenvalue weighted by molar-refractivity contribution is 6.74. The van der Waals surface area contributed by atoms with Crippen molar-refractivity contribution in [2.45, 2.75) is 226 Å². The third-order valence-corrected chi connectivity index (χ3v) is 13.8. The third kappa shape index (κ3) is 26.4. The molecule has 0 rings (SSSR count). The van der Waals surface area contributed by atoms with Crippen molar-refractivity contribution in [3.63, 3.8) is 0 Å². The highest BCUT2D eigenvalue weighted by Gasteiger charge is 2.36. The van der Waals surface area contributed by atoms with Crippen LogP contribution in [0.5, 0.6) is 0 Å². The van der Waals surface area contributed by atoms with E-state index >= 15 is 0 Å². The minimum atomic E-state index is -1.53. The standard InChI is InChI=1S/C36H76OSi/c1-7-8-9-10-11-12-13-14-15-16-17-18-19-20-21-22-23-24-25-26-27-28-29-30-31-32-33-34-35-37-38(5,6)36(2,3)4/h7-35H2,1-6H3. The van der Waals surface area contributed by atoms with E-state index in [2.05, 4.69) is 40.8 Å². The Morgan fingerprint density at radius 1 is 0.368 bits per heavy atom. The van der Waals surface area contributed by atoms with Crippen LogP contribution >= 0.6 is 0 Å². The zero-order valence-electron chi connectivity index (χ0n) is 27.9. The Hall–Kier alpha value is 0.177. The van der Waals surface area contributed by atoms with Crippen molar-refractivity contribution in [3.8, 4) is 0 Å². The van der Waals surface area contributed by atoms with Gasteiger partial charge in [-0.3, -0.25) is 0 Å². The van der Waals surface area contributed by atoms with Crippen LogP contribution in [0.1, 0.15) is 207 Å². The molecule has 1 nitrogen and oxygen atoms in total. The Kier molecular flexibility index (Phi) is 27.5. The number of hydrogen-bond acceptors (Lipinski definition) is 1. The molecule has 0 radical (unpaired) electrons. The maximum atomic E-state index is 6.29. The van der Waals surface area contributed by atoms with Crippen molar-refractivity contribution in [1.82, 2.24) is 0 Å². The molecule has 0 heterocycles. The molecule has 0 aromatic heterocycles. The molecule has 38 heavy (non-hydrogen) atoms. The van der Waals surface area contributed by atoms with Gasteiger partial charge in [0.1, 0.15) is 0 Å². The molecule has 0 aliphatic carbocycles. The molecule has 0 aliphatic heterocycles. The smallest absolute Gasteiger partial charge is 0.191 e. The van der Waals surface area contributed by atoms with Gasteiger partial charge in [0.15, 0.2) is 8.32 Å². The first-order valence-electron chi connectivity index (χ1n) is 17.9. The van der Waals surface area contributed by atoms with Crippen LogP contribution in [0.2, 0.25) is 18.1 Å². The first-order chi connectivity index (χ1) is 18.3. The molecule has 0 spiro atoms. The fraction of sp³-hybridized carbons (Fsp3) is 1.00. The predicted octanol–water partition coefficient (Wildman–Crippen LogP) is 14.0. The van der Waals surface area contributed by atoms with E-state index in [1.165, 1.54) is 180 Å². The monoisotopic (exact) mass is 553 g/mol. The molecular weight excluding hydrogens is 476 g/mol. The molecule has 0 saturated carbocycles. The number of unbranched alkanes of at least 4 members (excludes halogenated alkanes) is 27. The lowest BCUT2D eigenvalue weighted by Gasteiger charge is -2.36. The van der Waals surface area contributed by atoms with Gasteiger partial charge in [-0.2, -0.15) is 0 Å². The average Bonchev–Trinajstić information content (AvgIpc) is 2.87. The molecule has 0 aromatic rings. The van der Waals surface area contributed by atoms with E-state index in [1.54, 1.807) is 0 Å². The highest BCUT2D eigenvalue weighted by atomic mass is 28.4. The van der Waals surface area contributed by atoms with Crippen molar-refractivity contribution in [3.05, 3.63) is 0 Å². The Labute approximate surface area is 244 Å². The van der Waals surface area contributed by atoms with Crippen LogP contribution in [0.3, 0.4) is 0 Å². The van der Waals surface area contributed by atoms with Crippen LogP contribution in [-0.4, -0.2) is 14.9 Å². The van der Waals surface area contributed by atoms with Crippen LogP contribution in [0.25, 0.3) is 0 Å². The van der Waals surface area contributed by atoms with E-state index in [9.17, 15) is 0 Å². The van der Waals surface area contributed by atoms with Gasteiger partial charge in [0.2, 0.25) is 0 Å². The van der Waals surface area contributed by atoms with E-state index < -0.39 is 8.32 Å². The molecule has 0 aliphatic rings. The lowest BCUT2D eigenvalue weighted by Crippen LogP contribution is -2.40. The van der Waals surface area contributed by atoms with Gasteiger partial charge < -0.3 is 4.43 Å². The van der Waals surface area contributed by atoms with Crippen LogP contribution in [0.4, 0.5) is 0 Å². The Balaban J connectivity index is 3.13. The summed E-state index contributed by atoms with van der Waals surface area (Å²) in [5.41, 5.74) is 0. The van der Waals surface area contributed by atoms with Crippen molar-refractivity contribution in [2.75, 3.05) is 6.61 Å². The summed E-state index contributed by atoms with van der Waals surface area (Å²) in [5.74, 6) is 0. The minimum absolute atomic E-state index is 0.346. The van der Waals surface area contributed by atoms with E-state index in [0.717, 1.165) is 6.61 Å². The lowest BCUT2D eigenvalue weighted by atomic mass is 10.0.